The molecular weight excluding hydrogens is 220 g/mol. The summed E-state index contributed by atoms with van der Waals surface area (Å²) in [7, 11) is 1.61. The Morgan fingerprint density at radius 3 is 3.12 bits per heavy atom. The highest BCUT2D eigenvalue weighted by Crippen LogP contribution is 2.07. The van der Waals surface area contributed by atoms with Gasteiger partial charge in [-0.1, -0.05) is 11.6 Å². The Morgan fingerprint density at radius 1 is 1.53 bits per heavy atom. The van der Waals surface area contributed by atoms with Crippen LogP contribution >= 0.6 is 0 Å². The van der Waals surface area contributed by atoms with Gasteiger partial charge in [-0.05, 0) is 19.4 Å². The lowest BCUT2D eigenvalue weighted by Crippen LogP contribution is -2.30. The van der Waals surface area contributed by atoms with Crippen molar-refractivity contribution in [1.82, 2.24) is 10.6 Å². The van der Waals surface area contributed by atoms with Gasteiger partial charge < -0.3 is 20.1 Å². The summed E-state index contributed by atoms with van der Waals surface area (Å²) in [5, 5.41) is 6.10. The van der Waals surface area contributed by atoms with Crippen molar-refractivity contribution >= 4 is 5.91 Å². The Morgan fingerprint density at radius 2 is 2.41 bits per heavy atom. The molecule has 5 heteroatoms. The fourth-order valence-corrected chi connectivity index (χ4v) is 1.62. The van der Waals surface area contributed by atoms with Crippen molar-refractivity contribution in [2.75, 3.05) is 46.6 Å². The molecule has 0 saturated heterocycles. The van der Waals surface area contributed by atoms with Crippen LogP contribution in [0.3, 0.4) is 0 Å². The second-order valence-corrected chi connectivity index (χ2v) is 3.96. The summed E-state index contributed by atoms with van der Waals surface area (Å²) >= 11 is 0. The summed E-state index contributed by atoms with van der Waals surface area (Å²) in [5.74, 6) is -0.0596. The molecule has 1 rings (SSSR count). The summed E-state index contributed by atoms with van der Waals surface area (Å²) in [6, 6.07) is 0. The van der Waals surface area contributed by atoms with Gasteiger partial charge in [0.2, 0.25) is 5.91 Å². The van der Waals surface area contributed by atoms with E-state index in [0.717, 1.165) is 25.9 Å². The van der Waals surface area contributed by atoms with E-state index in [1.54, 1.807) is 7.11 Å². The quantitative estimate of drug-likeness (QED) is 0.467. The Kier molecular flexibility index (Phi) is 7.62. The van der Waals surface area contributed by atoms with E-state index in [1.165, 1.54) is 5.57 Å². The van der Waals surface area contributed by atoms with Crippen molar-refractivity contribution in [3.05, 3.63) is 11.6 Å². The van der Waals surface area contributed by atoms with Crippen LogP contribution in [-0.2, 0) is 14.3 Å². The summed E-state index contributed by atoms with van der Waals surface area (Å²) in [6.07, 6.45) is 4.22. The van der Waals surface area contributed by atoms with Gasteiger partial charge in [0.25, 0.3) is 0 Å². The molecule has 1 heterocycles. The van der Waals surface area contributed by atoms with Crippen LogP contribution in [0.2, 0.25) is 0 Å². The maximum atomic E-state index is 11.3. The van der Waals surface area contributed by atoms with E-state index in [0.29, 0.717) is 19.8 Å². The number of methoxy groups -OCH3 is 1. The van der Waals surface area contributed by atoms with Gasteiger partial charge in [0.15, 0.2) is 0 Å². The monoisotopic (exact) mass is 242 g/mol. The molecule has 1 aliphatic heterocycles. The van der Waals surface area contributed by atoms with Gasteiger partial charge in [-0.3, -0.25) is 4.79 Å². The molecule has 0 fully saturated rings. The van der Waals surface area contributed by atoms with E-state index in [1.807, 2.05) is 0 Å². The number of amides is 1. The topological polar surface area (TPSA) is 59.6 Å². The Balaban J connectivity index is 1.98. The molecule has 0 aromatic carbocycles. The second-order valence-electron chi connectivity index (χ2n) is 3.96. The van der Waals surface area contributed by atoms with Crippen molar-refractivity contribution in [3.63, 3.8) is 0 Å². The molecule has 0 aliphatic carbocycles. The van der Waals surface area contributed by atoms with Crippen molar-refractivity contribution in [2.24, 2.45) is 0 Å². The summed E-state index contributed by atoms with van der Waals surface area (Å²) in [4.78, 5) is 11.3. The number of hydrogen-bond acceptors (Lipinski definition) is 4. The first kappa shape index (κ1) is 14.2. The minimum absolute atomic E-state index is 0.0596. The van der Waals surface area contributed by atoms with Crippen LogP contribution in [0.4, 0.5) is 0 Å². The standard InChI is InChI=1S/C12H22N2O3/c1-16-8-9-17-10-12(15)14-7-4-11-2-5-13-6-3-11/h2,13H,3-10H2,1H3,(H,14,15). The molecule has 2 N–H and O–H groups in total. The summed E-state index contributed by atoms with van der Waals surface area (Å²) in [5.41, 5.74) is 1.42. The first-order valence-corrected chi connectivity index (χ1v) is 6.05. The highest BCUT2D eigenvalue weighted by molar-refractivity contribution is 5.77. The van der Waals surface area contributed by atoms with E-state index < -0.39 is 0 Å². The molecule has 0 unspecified atom stereocenters. The third-order valence-electron chi connectivity index (χ3n) is 2.59. The predicted molar refractivity (Wildman–Crippen MR) is 65.9 cm³/mol. The summed E-state index contributed by atoms with van der Waals surface area (Å²) in [6.45, 7) is 3.78. The van der Waals surface area contributed by atoms with Crippen molar-refractivity contribution in [3.8, 4) is 0 Å². The van der Waals surface area contributed by atoms with Gasteiger partial charge in [0, 0.05) is 20.2 Å². The number of carbonyl (C=O) groups is 1. The first-order valence-electron chi connectivity index (χ1n) is 6.05. The van der Waals surface area contributed by atoms with Gasteiger partial charge in [-0.25, -0.2) is 0 Å². The zero-order valence-electron chi connectivity index (χ0n) is 10.5. The maximum Gasteiger partial charge on any atom is 0.246 e. The first-order chi connectivity index (χ1) is 8.33. The van der Waals surface area contributed by atoms with E-state index in [4.69, 9.17) is 9.47 Å². The Hall–Kier alpha value is -0.910. The minimum Gasteiger partial charge on any atom is -0.382 e. The Labute approximate surface area is 103 Å². The van der Waals surface area contributed by atoms with Crippen LogP contribution in [0.1, 0.15) is 12.8 Å². The molecule has 17 heavy (non-hydrogen) atoms. The average Bonchev–Trinajstić information content (AvgIpc) is 2.36. The molecule has 5 nitrogen and oxygen atoms in total. The highest BCUT2D eigenvalue weighted by atomic mass is 16.5. The van der Waals surface area contributed by atoms with Crippen LogP contribution in [0.25, 0.3) is 0 Å². The van der Waals surface area contributed by atoms with Crippen molar-refractivity contribution in [1.29, 1.82) is 0 Å². The van der Waals surface area contributed by atoms with Crippen molar-refractivity contribution in [2.45, 2.75) is 12.8 Å². The van der Waals surface area contributed by atoms with Gasteiger partial charge >= 0.3 is 0 Å². The van der Waals surface area contributed by atoms with Gasteiger partial charge in [-0.2, -0.15) is 0 Å². The van der Waals surface area contributed by atoms with Crippen molar-refractivity contribution < 1.29 is 14.3 Å². The number of nitrogens with one attached hydrogen (secondary N) is 2. The highest BCUT2D eigenvalue weighted by Gasteiger charge is 2.04. The molecule has 1 aliphatic rings. The van der Waals surface area contributed by atoms with Crippen LogP contribution in [0.15, 0.2) is 11.6 Å². The fraction of sp³-hybridized carbons (Fsp3) is 0.750. The van der Waals surface area contributed by atoms with E-state index >= 15 is 0 Å². The SMILES string of the molecule is COCCOCC(=O)NCCC1=CCNCC1. The normalized spacial score (nSPS) is 15.5. The van der Waals surface area contributed by atoms with Crippen LogP contribution in [-0.4, -0.2) is 52.5 Å². The number of carbonyl (C=O) groups excluding carboxylic acids is 1. The molecule has 0 radical (unpaired) electrons. The molecule has 0 saturated carbocycles. The number of ether oxygens (including phenoxy) is 2. The molecule has 0 aromatic rings. The lowest BCUT2D eigenvalue weighted by Gasteiger charge is -2.14. The van der Waals surface area contributed by atoms with Crippen LogP contribution < -0.4 is 10.6 Å². The number of rotatable bonds is 8. The fourth-order valence-electron chi connectivity index (χ4n) is 1.62. The molecule has 0 atom stereocenters. The lowest BCUT2D eigenvalue weighted by molar-refractivity contribution is -0.126. The van der Waals surface area contributed by atoms with E-state index in [9.17, 15) is 4.79 Å². The Bertz CT molecular complexity index is 254. The molecule has 1 amide bonds. The smallest absolute Gasteiger partial charge is 0.246 e. The third-order valence-corrected chi connectivity index (χ3v) is 2.59. The van der Waals surface area contributed by atoms with Gasteiger partial charge in [0.1, 0.15) is 6.61 Å². The lowest BCUT2D eigenvalue weighted by atomic mass is 10.1. The van der Waals surface area contributed by atoms with Crippen LogP contribution in [0.5, 0.6) is 0 Å². The molecule has 0 aromatic heterocycles. The third kappa shape index (κ3) is 7.10. The molecule has 0 bridgehead atoms. The molecule has 98 valence electrons. The van der Waals surface area contributed by atoms with Gasteiger partial charge in [-0.15, -0.1) is 0 Å². The summed E-state index contributed by atoms with van der Waals surface area (Å²) < 4.78 is 9.93. The number of hydrogen-bond donors (Lipinski definition) is 2. The zero-order chi connectivity index (χ0) is 12.3. The van der Waals surface area contributed by atoms with Gasteiger partial charge in [0.05, 0.1) is 13.2 Å². The molecular formula is C12H22N2O3. The average molecular weight is 242 g/mol. The molecule has 0 spiro atoms. The predicted octanol–water partition coefficient (Wildman–Crippen LogP) is 0.0754. The zero-order valence-corrected chi connectivity index (χ0v) is 10.5. The largest absolute Gasteiger partial charge is 0.382 e. The second kappa shape index (κ2) is 9.15. The van der Waals surface area contributed by atoms with Crippen LogP contribution in [0, 0.1) is 0 Å². The van der Waals surface area contributed by atoms with E-state index in [-0.39, 0.29) is 12.5 Å². The minimum atomic E-state index is -0.0596. The maximum absolute atomic E-state index is 11.3. The van der Waals surface area contributed by atoms with E-state index in [2.05, 4.69) is 16.7 Å².